The van der Waals surface area contributed by atoms with Gasteiger partial charge in [-0.2, -0.15) is 0 Å². The van der Waals surface area contributed by atoms with Gasteiger partial charge in [0.1, 0.15) is 0 Å². The highest BCUT2D eigenvalue weighted by molar-refractivity contribution is 6.00. The summed E-state index contributed by atoms with van der Waals surface area (Å²) in [5.74, 6) is 6.41. The van der Waals surface area contributed by atoms with Crippen molar-refractivity contribution in [3.8, 4) is 11.8 Å². The molecule has 3 N–H and O–H groups in total. The van der Waals surface area contributed by atoms with Gasteiger partial charge in [0.05, 0.1) is 17.1 Å². The van der Waals surface area contributed by atoms with Crippen LogP contribution >= 0.6 is 0 Å². The van der Waals surface area contributed by atoms with Crippen LogP contribution in [-0.2, 0) is 17.6 Å². The van der Waals surface area contributed by atoms with Crippen LogP contribution in [-0.4, -0.2) is 22.2 Å². The molecule has 30 heavy (non-hydrogen) atoms. The molecule has 5 heteroatoms. The molecule has 0 unspecified atom stereocenters. The first-order valence-corrected chi connectivity index (χ1v) is 10.5. The van der Waals surface area contributed by atoms with Gasteiger partial charge in [0.15, 0.2) is 6.29 Å². The van der Waals surface area contributed by atoms with Crippen LogP contribution in [0.3, 0.4) is 0 Å². The van der Waals surface area contributed by atoms with Gasteiger partial charge < -0.3 is 15.3 Å². The SMILES string of the molecule is CCC1=C(C)C(=O)N/C1=C/c1[nH]c(C#Cc2[nH]c(C=O)c(CC)c2C)c(C)c1CC. The number of rotatable bonds is 5. The molecule has 3 rings (SSSR count). The van der Waals surface area contributed by atoms with Crippen molar-refractivity contribution in [1.82, 2.24) is 15.3 Å². The highest BCUT2D eigenvalue weighted by atomic mass is 16.2. The Hall–Kier alpha value is -3.26. The number of nitrogens with one attached hydrogen (secondary N) is 3. The van der Waals surface area contributed by atoms with Gasteiger partial charge in [0.25, 0.3) is 5.91 Å². The third-order valence-electron chi connectivity index (χ3n) is 5.97. The number of H-pyrrole nitrogens is 2. The quantitative estimate of drug-likeness (QED) is 0.508. The zero-order valence-corrected chi connectivity index (χ0v) is 18.6. The average molecular weight is 404 g/mol. The summed E-state index contributed by atoms with van der Waals surface area (Å²) in [5, 5.41) is 2.97. The fraction of sp³-hybridized carbons (Fsp3) is 0.360. The van der Waals surface area contributed by atoms with E-state index in [1.54, 1.807) is 0 Å². The fourth-order valence-electron chi connectivity index (χ4n) is 4.18. The minimum atomic E-state index is -0.0284. The van der Waals surface area contributed by atoms with Crippen molar-refractivity contribution in [3.05, 3.63) is 61.9 Å². The van der Waals surface area contributed by atoms with Crippen molar-refractivity contribution in [2.45, 2.75) is 60.8 Å². The van der Waals surface area contributed by atoms with E-state index < -0.39 is 0 Å². The molecule has 0 atom stereocenters. The molecule has 3 heterocycles. The Labute approximate surface area is 178 Å². The molecule has 0 saturated heterocycles. The van der Waals surface area contributed by atoms with E-state index in [1.165, 1.54) is 5.56 Å². The van der Waals surface area contributed by atoms with Crippen LogP contribution in [0.2, 0.25) is 0 Å². The number of aldehydes is 1. The van der Waals surface area contributed by atoms with Crippen molar-refractivity contribution in [3.63, 3.8) is 0 Å². The molecule has 0 fully saturated rings. The van der Waals surface area contributed by atoms with Gasteiger partial charge in [-0.25, -0.2) is 0 Å². The maximum Gasteiger partial charge on any atom is 0.251 e. The predicted octanol–water partition coefficient (Wildman–Crippen LogP) is 4.49. The first-order valence-electron chi connectivity index (χ1n) is 10.5. The van der Waals surface area contributed by atoms with Gasteiger partial charge in [0.2, 0.25) is 0 Å². The number of hydrogen-bond acceptors (Lipinski definition) is 2. The second kappa shape index (κ2) is 8.62. The minimum absolute atomic E-state index is 0.0284. The van der Waals surface area contributed by atoms with Crippen molar-refractivity contribution < 1.29 is 9.59 Å². The van der Waals surface area contributed by atoms with E-state index in [0.717, 1.165) is 76.2 Å². The van der Waals surface area contributed by atoms with Crippen molar-refractivity contribution >= 4 is 18.3 Å². The monoisotopic (exact) mass is 403 g/mol. The summed E-state index contributed by atoms with van der Waals surface area (Å²) in [4.78, 5) is 29.9. The van der Waals surface area contributed by atoms with Crippen molar-refractivity contribution in [1.29, 1.82) is 0 Å². The van der Waals surface area contributed by atoms with E-state index >= 15 is 0 Å². The van der Waals surface area contributed by atoms with Crippen LogP contribution in [0.15, 0.2) is 16.8 Å². The summed E-state index contributed by atoms with van der Waals surface area (Å²) in [7, 11) is 0. The van der Waals surface area contributed by atoms with Gasteiger partial charge >= 0.3 is 0 Å². The molecule has 5 nitrogen and oxygen atoms in total. The van der Waals surface area contributed by atoms with Crippen LogP contribution < -0.4 is 5.32 Å². The van der Waals surface area contributed by atoms with Gasteiger partial charge in [-0.05, 0) is 85.8 Å². The number of hydrogen-bond donors (Lipinski definition) is 3. The molecule has 1 amide bonds. The number of aromatic nitrogens is 2. The maximum absolute atomic E-state index is 12.1. The van der Waals surface area contributed by atoms with Gasteiger partial charge in [0, 0.05) is 17.0 Å². The molecule has 1 aliphatic rings. The van der Waals surface area contributed by atoms with Crippen LogP contribution in [0.4, 0.5) is 0 Å². The zero-order chi connectivity index (χ0) is 22.0. The summed E-state index contributed by atoms with van der Waals surface area (Å²) in [5.41, 5.74) is 10.2. The van der Waals surface area contributed by atoms with Crippen LogP contribution in [0.1, 0.15) is 83.9 Å². The Morgan fingerprint density at radius 2 is 1.37 bits per heavy atom. The largest absolute Gasteiger partial charge is 0.348 e. The van der Waals surface area contributed by atoms with E-state index in [2.05, 4.69) is 47.9 Å². The highest BCUT2D eigenvalue weighted by Gasteiger charge is 2.23. The molecular weight excluding hydrogens is 374 g/mol. The number of amides is 1. The molecule has 2 aromatic heterocycles. The Morgan fingerprint density at radius 1 is 0.833 bits per heavy atom. The zero-order valence-electron chi connectivity index (χ0n) is 18.6. The lowest BCUT2D eigenvalue weighted by molar-refractivity contribution is -0.116. The lowest BCUT2D eigenvalue weighted by atomic mass is 10.0. The Bertz CT molecular complexity index is 1140. The van der Waals surface area contributed by atoms with Gasteiger partial charge in [-0.1, -0.05) is 20.8 Å². The fourth-order valence-corrected chi connectivity index (χ4v) is 4.18. The minimum Gasteiger partial charge on any atom is -0.348 e. The molecule has 0 bridgehead atoms. The topological polar surface area (TPSA) is 77.8 Å². The van der Waals surface area contributed by atoms with Crippen molar-refractivity contribution in [2.24, 2.45) is 0 Å². The normalized spacial score (nSPS) is 14.9. The highest BCUT2D eigenvalue weighted by Crippen LogP contribution is 2.28. The summed E-state index contributed by atoms with van der Waals surface area (Å²) >= 11 is 0. The molecule has 0 saturated carbocycles. The summed E-state index contributed by atoms with van der Waals surface area (Å²) in [6.07, 6.45) is 5.32. The molecule has 156 valence electrons. The molecule has 1 aliphatic heterocycles. The second-order valence-corrected chi connectivity index (χ2v) is 7.58. The summed E-state index contributed by atoms with van der Waals surface area (Å²) < 4.78 is 0. The number of aromatic amines is 2. The lowest BCUT2D eigenvalue weighted by Crippen LogP contribution is -2.15. The van der Waals surface area contributed by atoms with E-state index in [1.807, 2.05) is 26.8 Å². The van der Waals surface area contributed by atoms with E-state index in [9.17, 15) is 9.59 Å². The molecule has 2 aromatic rings. The first kappa shape index (κ1) is 21.4. The van der Waals surface area contributed by atoms with E-state index in [-0.39, 0.29) is 5.91 Å². The van der Waals surface area contributed by atoms with Crippen LogP contribution in [0.25, 0.3) is 6.08 Å². The van der Waals surface area contributed by atoms with Crippen molar-refractivity contribution in [2.75, 3.05) is 0 Å². The molecule has 0 spiro atoms. The van der Waals surface area contributed by atoms with E-state index in [4.69, 9.17) is 0 Å². The maximum atomic E-state index is 12.1. The Balaban J connectivity index is 2.03. The van der Waals surface area contributed by atoms with E-state index in [0.29, 0.717) is 5.69 Å². The first-order chi connectivity index (χ1) is 14.4. The number of allylic oxidation sites excluding steroid dienone is 1. The smallest absolute Gasteiger partial charge is 0.251 e. The molecule has 0 aromatic carbocycles. The second-order valence-electron chi connectivity index (χ2n) is 7.58. The summed E-state index contributed by atoms with van der Waals surface area (Å²) in [6.45, 7) is 12.1. The molecular formula is C25H29N3O2. The molecule has 0 radical (unpaired) electrons. The van der Waals surface area contributed by atoms with Crippen LogP contribution in [0.5, 0.6) is 0 Å². The summed E-state index contributed by atoms with van der Waals surface area (Å²) in [6, 6.07) is 0. The Kier molecular flexibility index (Phi) is 6.17. The number of carbonyl (C=O) groups excluding carboxylic acids is 2. The Morgan fingerprint density at radius 3 is 1.83 bits per heavy atom. The standard InChI is InChI=1S/C25H29N3O2/c1-7-17-14(4)20(10-11-21-15(5)18(8-2)24(13-29)27-21)26-22(17)12-23-19(9-3)16(6)25(30)28-23/h12-13,26-27H,7-9H2,1-6H3,(H,28,30)/b23-12+. The number of carbonyl (C=O) groups is 2. The average Bonchev–Trinajstić information content (AvgIpc) is 3.31. The van der Waals surface area contributed by atoms with Crippen LogP contribution in [0, 0.1) is 25.7 Å². The molecule has 0 aliphatic carbocycles. The third-order valence-corrected chi connectivity index (χ3v) is 5.97. The van der Waals surface area contributed by atoms with Gasteiger partial charge in [-0.15, -0.1) is 0 Å². The lowest BCUT2D eigenvalue weighted by Gasteiger charge is -2.04. The third kappa shape index (κ3) is 3.66. The predicted molar refractivity (Wildman–Crippen MR) is 120 cm³/mol. The van der Waals surface area contributed by atoms with Gasteiger partial charge in [-0.3, -0.25) is 9.59 Å².